The molecule has 10 heteroatoms. The fourth-order valence-electron chi connectivity index (χ4n) is 4.66. The third-order valence-electron chi connectivity index (χ3n) is 6.72. The van der Waals surface area contributed by atoms with Gasteiger partial charge in [-0.1, -0.05) is 24.3 Å². The molecule has 0 atom stereocenters. The predicted octanol–water partition coefficient (Wildman–Crippen LogP) is 1.36. The summed E-state index contributed by atoms with van der Waals surface area (Å²) in [5.74, 6) is 0.0117. The van der Waals surface area contributed by atoms with Gasteiger partial charge in [0.1, 0.15) is 5.69 Å². The number of rotatable bonds is 7. The van der Waals surface area contributed by atoms with Gasteiger partial charge in [-0.05, 0) is 11.6 Å². The Hall–Kier alpha value is -3.89. The van der Waals surface area contributed by atoms with E-state index in [9.17, 15) is 9.59 Å². The van der Waals surface area contributed by atoms with E-state index < -0.39 is 0 Å². The molecule has 2 aromatic heterocycles. The summed E-state index contributed by atoms with van der Waals surface area (Å²) in [6.45, 7) is 5.97. The van der Waals surface area contributed by atoms with Gasteiger partial charge in [0.15, 0.2) is 11.6 Å². The molecule has 2 aliphatic heterocycles. The molecule has 10 nitrogen and oxygen atoms in total. The first-order valence-electron chi connectivity index (χ1n) is 12.6. The van der Waals surface area contributed by atoms with Crippen LogP contribution in [0.3, 0.4) is 0 Å². The van der Waals surface area contributed by atoms with Crippen LogP contribution in [0.1, 0.15) is 21.6 Å². The number of pyridine rings is 1. The highest BCUT2D eigenvalue weighted by Gasteiger charge is 2.21. The summed E-state index contributed by atoms with van der Waals surface area (Å²) in [6, 6.07) is 9.55. The van der Waals surface area contributed by atoms with Crippen LogP contribution in [-0.4, -0.2) is 84.0 Å². The van der Waals surface area contributed by atoms with Gasteiger partial charge in [-0.15, -0.1) is 0 Å². The fraction of sp³-hybridized carbons (Fsp3) is 0.370. The molecule has 0 radical (unpaired) electrons. The van der Waals surface area contributed by atoms with Crippen molar-refractivity contribution in [1.29, 1.82) is 0 Å². The van der Waals surface area contributed by atoms with Gasteiger partial charge in [-0.3, -0.25) is 14.6 Å². The molecule has 4 heterocycles. The second-order valence-corrected chi connectivity index (χ2v) is 9.20. The van der Waals surface area contributed by atoms with E-state index in [0.29, 0.717) is 25.3 Å². The van der Waals surface area contributed by atoms with E-state index in [1.165, 1.54) is 0 Å². The number of anilines is 2. The molecule has 0 saturated carbocycles. The van der Waals surface area contributed by atoms with E-state index in [1.807, 2.05) is 35.2 Å². The average molecular weight is 502 g/mol. The molecule has 3 N–H and O–H groups in total. The highest BCUT2D eigenvalue weighted by Crippen LogP contribution is 2.24. The Morgan fingerprint density at radius 3 is 2.49 bits per heavy atom. The molecule has 192 valence electrons. The van der Waals surface area contributed by atoms with Gasteiger partial charge in [0.25, 0.3) is 0 Å². The van der Waals surface area contributed by atoms with Crippen molar-refractivity contribution in [2.24, 2.45) is 0 Å². The lowest BCUT2D eigenvalue weighted by atomic mass is 10.0. The topological polar surface area (TPSA) is 127 Å². The average Bonchev–Trinajstić information content (AvgIpc) is 2.95. The number of ketones is 1. The van der Waals surface area contributed by atoms with Crippen LogP contribution in [0, 0.1) is 0 Å². The van der Waals surface area contributed by atoms with Crippen LogP contribution in [-0.2, 0) is 22.4 Å². The lowest BCUT2D eigenvalue weighted by Crippen LogP contribution is -2.46. The van der Waals surface area contributed by atoms with Gasteiger partial charge in [0.2, 0.25) is 5.91 Å². The Morgan fingerprint density at radius 1 is 0.973 bits per heavy atom. The standard InChI is InChI=1S/C27H31N7O3/c28-27-26(24(35)16-21-17-30-6-5-23(21)33-11-13-37-14-12-33)32-22(18-31-27)20-3-1-19(2-4-20)15-25(36)34-9-7-29-8-10-34/h1-6,17-18,29H,7-16H2,(H2,28,31). The van der Waals surface area contributed by atoms with Crippen molar-refractivity contribution < 1.29 is 14.3 Å². The summed E-state index contributed by atoms with van der Waals surface area (Å²) < 4.78 is 5.46. The molecule has 1 amide bonds. The summed E-state index contributed by atoms with van der Waals surface area (Å²) in [7, 11) is 0. The molecule has 2 saturated heterocycles. The van der Waals surface area contributed by atoms with Crippen LogP contribution in [0.25, 0.3) is 11.3 Å². The highest BCUT2D eigenvalue weighted by molar-refractivity contribution is 6.00. The number of nitrogens with one attached hydrogen (secondary N) is 1. The minimum Gasteiger partial charge on any atom is -0.382 e. The summed E-state index contributed by atoms with van der Waals surface area (Å²) in [5.41, 5.74) is 10.3. The minimum absolute atomic E-state index is 0.101. The van der Waals surface area contributed by atoms with Crippen LogP contribution in [0.2, 0.25) is 0 Å². The molecule has 0 unspecified atom stereocenters. The molecule has 2 fully saturated rings. The molecule has 1 aromatic carbocycles. The number of hydrogen-bond donors (Lipinski definition) is 2. The summed E-state index contributed by atoms with van der Waals surface area (Å²) >= 11 is 0. The summed E-state index contributed by atoms with van der Waals surface area (Å²) in [4.78, 5) is 43.0. The number of nitrogens with two attached hydrogens (primary N) is 1. The molecule has 0 spiro atoms. The zero-order chi connectivity index (χ0) is 25.6. The summed E-state index contributed by atoms with van der Waals surface area (Å²) in [6.07, 6.45) is 5.49. The van der Waals surface area contributed by atoms with Crippen molar-refractivity contribution in [2.45, 2.75) is 12.8 Å². The first-order chi connectivity index (χ1) is 18.1. The number of piperazine rings is 1. The number of ether oxygens (including phenoxy) is 1. The number of nitrogen functional groups attached to an aromatic ring is 1. The number of aromatic nitrogens is 3. The lowest BCUT2D eigenvalue weighted by Gasteiger charge is -2.30. The number of amides is 1. The summed E-state index contributed by atoms with van der Waals surface area (Å²) in [5, 5.41) is 3.26. The Kier molecular flexibility index (Phi) is 7.67. The SMILES string of the molecule is Nc1ncc(-c2ccc(CC(=O)N3CCNCC3)cc2)nc1C(=O)Cc1cnccc1N1CCOCC1. The van der Waals surface area contributed by atoms with E-state index in [4.69, 9.17) is 10.5 Å². The molecular weight excluding hydrogens is 470 g/mol. The van der Waals surface area contributed by atoms with Crippen LogP contribution >= 0.6 is 0 Å². The number of morpholine rings is 1. The lowest BCUT2D eigenvalue weighted by molar-refractivity contribution is -0.131. The van der Waals surface area contributed by atoms with Crippen LogP contribution in [0.4, 0.5) is 11.5 Å². The number of Topliss-reactive ketones (excluding diaryl/α,β-unsaturated/α-hetero) is 1. The number of nitrogens with zero attached hydrogens (tertiary/aromatic N) is 5. The van der Waals surface area contributed by atoms with Crippen LogP contribution < -0.4 is 16.0 Å². The minimum atomic E-state index is -0.215. The molecule has 0 aliphatic carbocycles. The zero-order valence-corrected chi connectivity index (χ0v) is 20.7. The van der Waals surface area contributed by atoms with E-state index in [1.54, 1.807) is 18.6 Å². The Labute approximate surface area is 215 Å². The number of carbonyl (C=O) groups is 2. The van der Waals surface area contributed by atoms with Gasteiger partial charge in [-0.2, -0.15) is 0 Å². The third kappa shape index (κ3) is 5.92. The molecule has 5 rings (SSSR count). The van der Waals surface area contributed by atoms with E-state index in [-0.39, 0.29) is 29.6 Å². The van der Waals surface area contributed by atoms with Gasteiger partial charge >= 0.3 is 0 Å². The molecule has 37 heavy (non-hydrogen) atoms. The van der Waals surface area contributed by atoms with Gasteiger partial charge < -0.3 is 25.6 Å². The molecule has 0 bridgehead atoms. The predicted molar refractivity (Wildman–Crippen MR) is 140 cm³/mol. The van der Waals surface area contributed by atoms with E-state index in [0.717, 1.165) is 61.6 Å². The second kappa shape index (κ2) is 11.4. The quantitative estimate of drug-likeness (QED) is 0.461. The monoisotopic (exact) mass is 501 g/mol. The van der Waals surface area contributed by atoms with E-state index in [2.05, 4.69) is 25.2 Å². The second-order valence-electron chi connectivity index (χ2n) is 9.20. The normalized spacial score (nSPS) is 16.0. The number of hydrogen-bond acceptors (Lipinski definition) is 9. The smallest absolute Gasteiger partial charge is 0.227 e. The molecule has 3 aromatic rings. The number of carbonyl (C=O) groups excluding carboxylic acids is 2. The maximum Gasteiger partial charge on any atom is 0.227 e. The number of benzene rings is 1. The Bertz CT molecular complexity index is 1250. The van der Waals surface area contributed by atoms with Crippen molar-refractivity contribution >= 4 is 23.2 Å². The van der Waals surface area contributed by atoms with Crippen LogP contribution in [0.5, 0.6) is 0 Å². The van der Waals surface area contributed by atoms with Crippen molar-refractivity contribution in [3.63, 3.8) is 0 Å². The van der Waals surface area contributed by atoms with Crippen molar-refractivity contribution in [3.8, 4) is 11.3 Å². The zero-order valence-electron chi connectivity index (χ0n) is 20.7. The van der Waals surface area contributed by atoms with Crippen molar-refractivity contribution in [2.75, 3.05) is 63.1 Å². The molecule has 2 aliphatic rings. The van der Waals surface area contributed by atoms with Gasteiger partial charge in [-0.25, -0.2) is 9.97 Å². The maximum absolute atomic E-state index is 13.3. The van der Waals surface area contributed by atoms with Crippen molar-refractivity contribution in [1.82, 2.24) is 25.2 Å². The van der Waals surface area contributed by atoms with Gasteiger partial charge in [0, 0.05) is 74.9 Å². The molecular formula is C27H31N7O3. The van der Waals surface area contributed by atoms with Crippen LogP contribution in [0.15, 0.2) is 48.9 Å². The van der Waals surface area contributed by atoms with Crippen molar-refractivity contribution in [3.05, 3.63) is 65.7 Å². The Balaban J connectivity index is 1.30. The third-order valence-corrected chi connectivity index (χ3v) is 6.72. The van der Waals surface area contributed by atoms with E-state index >= 15 is 0 Å². The fourth-order valence-corrected chi connectivity index (χ4v) is 4.66. The highest BCUT2D eigenvalue weighted by atomic mass is 16.5. The Morgan fingerprint density at radius 2 is 1.73 bits per heavy atom. The van der Waals surface area contributed by atoms with Gasteiger partial charge in [0.05, 0.1) is 31.5 Å². The maximum atomic E-state index is 13.3. The largest absolute Gasteiger partial charge is 0.382 e. The first-order valence-corrected chi connectivity index (χ1v) is 12.6. The first kappa shape index (κ1) is 24.8.